The van der Waals surface area contributed by atoms with E-state index in [4.69, 9.17) is 18.9 Å². The van der Waals surface area contributed by atoms with Crippen molar-refractivity contribution in [3.63, 3.8) is 0 Å². The van der Waals surface area contributed by atoms with Crippen molar-refractivity contribution in [1.29, 1.82) is 0 Å². The molecule has 0 radical (unpaired) electrons. The van der Waals surface area contributed by atoms with Gasteiger partial charge in [-0.25, -0.2) is 0 Å². The average molecular weight is 296 g/mol. The van der Waals surface area contributed by atoms with Crippen molar-refractivity contribution in [1.82, 2.24) is 0 Å². The van der Waals surface area contributed by atoms with E-state index in [0.29, 0.717) is 13.2 Å². The molecule has 1 aliphatic carbocycles. The summed E-state index contributed by atoms with van der Waals surface area (Å²) < 4.78 is 24.6. The highest BCUT2D eigenvalue weighted by Gasteiger charge is 2.68. The summed E-state index contributed by atoms with van der Waals surface area (Å²) in [7, 11) is 1.65. The van der Waals surface area contributed by atoms with E-state index in [1.165, 1.54) is 0 Å². The number of rotatable bonds is 1. The first-order chi connectivity index (χ1) is 10.8. The molecule has 2 heterocycles. The van der Waals surface area contributed by atoms with Gasteiger partial charge in [0.1, 0.15) is 6.10 Å². The summed E-state index contributed by atoms with van der Waals surface area (Å²) in [5.74, 6) is -2.10. The minimum absolute atomic E-state index is 0.0541. The molecule has 2 aliphatic heterocycles. The predicted molar refractivity (Wildman–Crippen MR) is 79.0 cm³/mol. The molecule has 3 atom stereocenters. The lowest BCUT2D eigenvalue weighted by Gasteiger charge is -2.51. The van der Waals surface area contributed by atoms with Gasteiger partial charge in [0.25, 0.3) is 11.6 Å². The molecule has 0 amide bonds. The molecular formula is C18H16O4. The van der Waals surface area contributed by atoms with Crippen LogP contribution in [-0.2, 0) is 30.5 Å². The van der Waals surface area contributed by atoms with E-state index in [1.807, 2.05) is 36.4 Å². The first-order valence-electron chi connectivity index (χ1n) is 7.51. The van der Waals surface area contributed by atoms with E-state index < -0.39 is 11.6 Å². The van der Waals surface area contributed by atoms with Gasteiger partial charge < -0.3 is 18.9 Å². The standard InChI is InChI=1S/C18H16O4/c1-19-17-15-8-4-2-6-13(15)14-7-3-5-9-16(14)18(17)21-11-12(22-18)10-20-17/h2-9,12H,10-11H2,1H3/t12-,17+,18-/m0/s1. The van der Waals surface area contributed by atoms with Gasteiger partial charge in [0.15, 0.2) is 0 Å². The van der Waals surface area contributed by atoms with Crippen molar-refractivity contribution >= 4 is 0 Å². The lowest BCUT2D eigenvalue weighted by Crippen LogP contribution is -2.58. The molecule has 1 spiro atoms. The Hall–Kier alpha value is -1.72. The number of hydrogen-bond donors (Lipinski definition) is 0. The summed E-state index contributed by atoms with van der Waals surface area (Å²) in [4.78, 5) is 0. The second kappa shape index (κ2) is 4.18. The van der Waals surface area contributed by atoms with Gasteiger partial charge in [0, 0.05) is 18.2 Å². The number of ether oxygens (including phenoxy) is 4. The van der Waals surface area contributed by atoms with Crippen LogP contribution in [0.5, 0.6) is 0 Å². The maximum atomic E-state index is 6.29. The zero-order valence-electron chi connectivity index (χ0n) is 12.2. The summed E-state index contributed by atoms with van der Waals surface area (Å²) in [5, 5.41) is 0. The molecule has 0 aromatic heterocycles. The Labute approximate surface area is 128 Å². The van der Waals surface area contributed by atoms with Gasteiger partial charge in [-0.1, -0.05) is 48.5 Å². The second-order valence-corrected chi connectivity index (χ2v) is 5.89. The van der Waals surface area contributed by atoms with Crippen LogP contribution < -0.4 is 0 Å². The van der Waals surface area contributed by atoms with Gasteiger partial charge in [0.05, 0.1) is 13.2 Å². The van der Waals surface area contributed by atoms with Crippen molar-refractivity contribution in [2.45, 2.75) is 17.7 Å². The molecule has 2 saturated heterocycles. The lowest BCUT2D eigenvalue weighted by molar-refractivity contribution is -0.423. The van der Waals surface area contributed by atoms with Gasteiger partial charge in [-0.05, 0) is 11.1 Å². The largest absolute Gasteiger partial charge is 0.345 e. The summed E-state index contributed by atoms with van der Waals surface area (Å²) in [5.41, 5.74) is 4.13. The highest BCUT2D eigenvalue weighted by Crippen LogP contribution is 2.60. The Morgan fingerprint density at radius 3 is 2.32 bits per heavy atom. The number of hydrogen-bond acceptors (Lipinski definition) is 4. The molecule has 0 saturated carbocycles. The molecule has 2 aromatic carbocycles. The van der Waals surface area contributed by atoms with Crippen LogP contribution in [0.25, 0.3) is 11.1 Å². The topological polar surface area (TPSA) is 36.9 Å². The Bertz CT molecular complexity index is 713. The maximum Gasteiger partial charge on any atom is 0.257 e. The Morgan fingerprint density at radius 2 is 1.55 bits per heavy atom. The molecular weight excluding hydrogens is 280 g/mol. The minimum atomic E-state index is -1.06. The average Bonchev–Trinajstić information content (AvgIpc) is 2.95. The normalized spacial score (nSPS) is 34.7. The molecule has 22 heavy (non-hydrogen) atoms. The quantitative estimate of drug-likeness (QED) is 0.811. The van der Waals surface area contributed by atoms with Crippen LogP contribution >= 0.6 is 0 Å². The fourth-order valence-electron chi connectivity index (χ4n) is 3.96. The van der Waals surface area contributed by atoms with Crippen molar-refractivity contribution in [2.75, 3.05) is 20.3 Å². The fraction of sp³-hybridized carbons (Fsp3) is 0.333. The van der Waals surface area contributed by atoms with Gasteiger partial charge in [-0.15, -0.1) is 0 Å². The summed E-state index contributed by atoms with van der Waals surface area (Å²) in [6.45, 7) is 0.980. The summed E-state index contributed by atoms with van der Waals surface area (Å²) >= 11 is 0. The molecule has 0 unspecified atom stereocenters. The van der Waals surface area contributed by atoms with E-state index in [1.54, 1.807) is 7.11 Å². The van der Waals surface area contributed by atoms with Crippen LogP contribution in [-0.4, -0.2) is 26.4 Å². The molecule has 2 aromatic rings. The van der Waals surface area contributed by atoms with Crippen LogP contribution in [0.15, 0.2) is 48.5 Å². The smallest absolute Gasteiger partial charge is 0.257 e. The van der Waals surface area contributed by atoms with Crippen molar-refractivity contribution in [3.05, 3.63) is 59.7 Å². The van der Waals surface area contributed by atoms with E-state index in [2.05, 4.69) is 12.1 Å². The van der Waals surface area contributed by atoms with Gasteiger partial charge in [-0.2, -0.15) is 0 Å². The number of fused-ring (bicyclic) bond motifs is 5. The molecule has 3 aliphatic rings. The monoisotopic (exact) mass is 296 g/mol. The van der Waals surface area contributed by atoms with Crippen molar-refractivity contribution in [3.8, 4) is 11.1 Å². The van der Waals surface area contributed by atoms with E-state index >= 15 is 0 Å². The molecule has 2 fully saturated rings. The van der Waals surface area contributed by atoms with Gasteiger partial charge in [0.2, 0.25) is 0 Å². The van der Waals surface area contributed by atoms with Crippen LogP contribution in [0.2, 0.25) is 0 Å². The minimum Gasteiger partial charge on any atom is -0.345 e. The highest BCUT2D eigenvalue weighted by atomic mass is 16.8. The SMILES string of the molecule is CO[C@]12OC[C@H]3CO[C@]1(O3)c1ccccc1-c1ccccc12. The molecule has 0 N–H and O–H groups in total. The summed E-state index contributed by atoms with van der Waals surface area (Å²) in [6.07, 6.45) is -0.0541. The molecule has 4 nitrogen and oxygen atoms in total. The van der Waals surface area contributed by atoms with Crippen LogP contribution in [0.3, 0.4) is 0 Å². The van der Waals surface area contributed by atoms with E-state index in [0.717, 1.165) is 22.3 Å². The Morgan fingerprint density at radius 1 is 0.909 bits per heavy atom. The molecule has 4 heteroatoms. The molecule has 5 rings (SSSR count). The molecule has 2 bridgehead atoms. The van der Waals surface area contributed by atoms with Crippen molar-refractivity contribution in [2.24, 2.45) is 0 Å². The third-order valence-corrected chi connectivity index (χ3v) is 4.85. The third kappa shape index (κ3) is 1.28. The Balaban J connectivity index is 1.91. The third-order valence-electron chi connectivity index (χ3n) is 4.85. The van der Waals surface area contributed by atoms with Gasteiger partial charge >= 0.3 is 0 Å². The summed E-state index contributed by atoms with van der Waals surface area (Å²) in [6, 6.07) is 16.3. The number of methoxy groups -OCH3 is 1. The maximum absolute atomic E-state index is 6.29. The lowest BCUT2D eigenvalue weighted by atomic mass is 9.76. The van der Waals surface area contributed by atoms with Crippen LogP contribution in [0, 0.1) is 0 Å². The highest BCUT2D eigenvalue weighted by molar-refractivity contribution is 5.76. The van der Waals surface area contributed by atoms with Crippen molar-refractivity contribution < 1.29 is 18.9 Å². The second-order valence-electron chi connectivity index (χ2n) is 5.89. The fourth-order valence-corrected chi connectivity index (χ4v) is 3.96. The van der Waals surface area contributed by atoms with Crippen LogP contribution in [0.4, 0.5) is 0 Å². The van der Waals surface area contributed by atoms with Crippen LogP contribution in [0.1, 0.15) is 11.1 Å². The zero-order chi connectivity index (χ0) is 14.8. The molecule has 112 valence electrons. The Kier molecular flexibility index (Phi) is 2.43. The van der Waals surface area contributed by atoms with Gasteiger partial charge in [-0.3, -0.25) is 0 Å². The van der Waals surface area contributed by atoms with E-state index in [9.17, 15) is 0 Å². The predicted octanol–water partition coefficient (Wildman–Crippen LogP) is 2.76. The number of benzene rings is 2. The van der Waals surface area contributed by atoms with E-state index in [-0.39, 0.29) is 6.10 Å². The zero-order valence-corrected chi connectivity index (χ0v) is 12.2. The first kappa shape index (κ1) is 12.8. The first-order valence-corrected chi connectivity index (χ1v) is 7.51.